The van der Waals surface area contributed by atoms with Crippen LogP contribution in [0.4, 0.5) is 10.1 Å². The van der Waals surface area contributed by atoms with Crippen molar-refractivity contribution in [1.82, 2.24) is 0 Å². The minimum atomic E-state index is -0.729. The van der Waals surface area contributed by atoms with Crippen LogP contribution in [0, 0.1) is 5.82 Å². The molecule has 0 heterocycles. The number of carbonyl (C=O) groups is 1. The summed E-state index contributed by atoms with van der Waals surface area (Å²) in [6.07, 6.45) is 4.84. The third-order valence-corrected chi connectivity index (χ3v) is 4.24. The highest BCUT2D eigenvalue weighted by atomic mass is 19.1. The number of primary amides is 1. The van der Waals surface area contributed by atoms with Gasteiger partial charge in [-0.3, -0.25) is 4.79 Å². The molecule has 1 aliphatic carbocycles. The van der Waals surface area contributed by atoms with Crippen LogP contribution in [0.3, 0.4) is 0 Å². The summed E-state index contributed by atoms with van der Waals surface area (Å²) >= 11 is 0. The minimum Gasteiger partial charge on any atom is -0.490 e. The number of amides is 1. The van der Waals surface area contributed by atoms with E-state index < -0.39 is 11.9 Å². The molecule has 4 nitrogen and oxygen atoms in total. The molecule has 0 saturated heterocycles. The van der Waals surface area contributed by atoms with E-state index in [0.29, 0.717) is 5.56 Å². The Morgan fingerprint density at radius 1 is 1.17 bits per heavy atom. The summed E-state index contributed by atoms with van der Waals surface area (Å²) in [4.78, 5) is 11.8. The Kier molecular flexibility index (Phi) is 4.99. The Morgan fingerprint density at radius 2 is 1.88 bits per heavy atom. The molecule has 0 radical (unpaired) electrons. The molecule has 0 aliphatic heterocycles. The van der Waals surface area contributed by atoms with Gasteiger partial charge in [0.05, 0.1) is 6.10 Å². The summed E-state index contributed by atoms with van der Waals surface area (Å²) in [6, 6.07) is 12.5. The number of hydrogen-bond acceptors (Lipinski definition) is 3. The van der Waals surface area contributed by atoms with Gasteiger partial charge in [-0.2, -0.15) is 0 Å². The number of nitrogens with two attached hydrogens (primary N) is 1. The molecular formula is C19H21FN2O2. The number of benzene rings is 2. The van der Waals surface area contributed by atoms with Gasteiger partial charge in [0.25, 0.3) is 0 Å². The van der Waals surface area contributed by atoms with Crippen molar-refractivity contribution >= 4 is 11.6 Å². The number of anilines is 1. The van der Waals surface area contributed by atoms with E-state index in [0.717, 1.165) is 24.3 Å². The summed E-state index contributed by atoms with van der Waals surface area (Å²) in [5.41, 5.74) is 6.85. The van der Waals surface area contributed by atoms with E-state index in [1.54, 1.807) is 12.1 Å². The molecule has 0 spiro atoms. The molecule has 126 valence electrons. The fraction of sp³-hybridized carbons (Fsp3) is 0.316. The molecule has 1 saturated carbocycles. The van der Waals surface area contributed by atoms with Crippen LogP contribution >= 0.6 is 0 Å². The second kappa shape index (κ2) is 7.34. The molecule has 0 aromatic heterocycles. The van der Waals surface area contributed by atoms with Crippen molar-refractivity contribution < 1.29 is 13.9 Å². The van der Waals surface area contributed by atoms with Gasteiger partial charge in [-0.1, -0.05) is 18.2 Å². The zero-order chi connectivity index (χ0) is 16.9. The number of carbonyl (C=O) groups excluding carboxylic acids is 1. The Labute approximate surface area is 140 Å². The molecule has 1 atom stereocenters. The van der Waals surface area contributed by atoms with E-state index >= 15 is 0 Å². The van der Waals surface area contributed by atoms with Gasteiger partial charge in [0.2, 0.25) is 5.91 Å². The zero-order valence-electron chi connectivity index (χ0n) is 13.4. The maximum atomic E-state index is 13.1. The largest absolute Gasteiger partial charge is 0.490 e. The van der Waals surface area contributed by atoms with Gasteiger partial charge in [-0.05, 0) is 55.5 Å². The lowest BCUT2D eigenvalue weighted by atomic mass is 10.1. The molecule has 1 aliphatic rings. The van der Waals surface area contributed by atoms with Crippen LogP contribution in [-0.2, 0) is 4.79 Å². The summed E-state index contributed by atoms with van der Waals surface area (Å²) < 4.78 is 19.0. The van der Waals surface area contributed by atoms with E-state index in [2.05, 4.69) is 5.32 Å². The minimum absolute atomic E-state index is 0.268. The maximum absolute atomic E-state index is 13.1. The number of nitrogens with one attached hydrogen (secondary N) is 1. The molecule has 3 N–H and O–H groups in total. The average Bonchev–Trinajstić information content (AvgIpc) is 3.07. The van der Waals surface area contributed by atoms with Crippen LogP contribution in [0.1, 0.15) is 37.3 Å². The van der Waals surface area contributed by atoms with E-state index in [9.17, 15) is 9.18 Å². The molecule has 5 heteroatoms. The predicted octanol–water partition coefficient (Wildman–Crippen LogP) is 3.79. The molecule has 1 amide bonds. The van der Waals surface area contributed by atoms with Gasteiger partial charge >= 0.3 is 0 Å². The van der Waals surface area contributed by atoms with Crippen molar-refractivity contribution in [2.24, 2.45) is 5.73 Å². The monoisotopic (exact) mass is 328 g/mol. The molecule has 0 unspecified atom stereocenters. The van der Waals surface area contributed by atoms with Crippen LogP contribution in [0.2, 0.25) is 0 Å². The molecule has 24 heavy (non-hydrogen) atoms. The number of ether oxygens (including phenoxy) is 1. The molecule has 2 aromatic rings. The summed E-state index contributed by atoms with van der Waals surface area (Å²) in [7, 11) is 0. The summed E-state index contributed by atoms with van der Waals surface area (Å²) in [6.45, 7) is 0. The number of rotatable bonds is 6. The molecule has 1 fully saturated rings. The Hall–Kier alpha value is -2.56. The summed E-state index contributed by atoms with van der Waals surface area (Å²) in [5.74, 6) is -0.105. The van der Waals surface area contributed by atoms with Crippen molar-refractivity contribution in [1.29, 1.82) is 0 Å². The molecule has 0 bridgehead atoms. The first kappa shape index (κ1) is 16.3. The quantitative estimate of drug-likeness (QED) is 0.848. The average molecular weight is 328 g/mol. The smallest absolute Gasteiger partial charge is 0.244 e. The van der Waals surface area contributed by atoms with Gasteiger partial charge in [0, 0.05) is 11.8 Å². The molecular weight excluding hydrogens is 307 g/mol. The van der Waals surface area contributed by atoms with Gasteiger partial charge < -0.3 is 15.8 Å². The molecule has 3 rings (SSSR count). The highest BCUT2D eigenvalue weighted by Gasteiger charge is 2.19. The van der Waals surface area contributed by atoms with Gasteiger partial charge in [0.15, 0.2) is 0 Å². The predicted molar refractivity (Wildman–Crippen MR) is 91.3 cm³/mol. The first-order chi connectivity index (χ1) is 11.6. The second-order valence-corrected chi connectivity index (χ2v) is 6.08. The zero-order valence-corrected chi connectivity index (χ0v) is 13.4. The van der Waals surface area contributed by atoms with E-state index in [-0.39, 0.29) is 11.9 Å². The van der Waals surface area contributed by atoms with E-state index in [4.69, 9.17) is 10.5 Å². The van der Waals surface area contributed by atoms with E-state index in [1.165, 1.54) is 25.0 Å². The van der Waals surface area contributed by atoms with Gasteiger partial charge in [0.1, 0.15) is 17.6 Å². The van der Waals surface area contributed by atoms with Crippen LogP contribution in [-0.4, -0.2) is 12.0 Å². The van der Waals surface area contributed by atoms with Crippen LogP contribution < -0.4 is 15.8 Å². The van der Waals surface area contributed by atoms with Crippen molar-refractivity contribution in [3.8, 4) is 5.75 Å². The highest BCUT2D eigenvalue weighted by molar-refractivity contribution is 5.84. The van der Waals surface area contributed by atoms with Crippen LogP contribution in [0.25, 0.3) is 0 Å². The number of halogens is 1. The van der Waals surface area contributed by atoms with Gasteiger partial charge in [-0.15, -0.1) is 0 Å². The maximum Gasteiger partial charge on any atom is 0.244 e. The Morgan fingerprint density at radius 3 is 2.54 bits per heavy atom. The first-order valence-corrected chi connectivity index (χ1v) is 8.20. The van der Waals surface area contributed by atoms with Crippen LogP contribution in [0.15, 0.2) is 48.5 Å². The summed E-state index contributed by atoms with van der Waals surface area (Å²) in [5, 5.41) is 3.10. The van der Waals surface area contributed by atoms with Crippen LogP contribution in [0.5, 0.6) is 5.75 Å². The fourth-order valence-corrected chi connectivity index (χ4v) is 3.00. The second-order valence-electron chi connectivity index (χ2n) is 6.08. The number of hydrogen-bond donors (Lipinski definition) is 2. The SMILES string of the molecule is NC(=O)[C@@H](Nc1cccc(OC2CCCC2)c1)c1ccc(F)cc1. The lowest BCUT2D eigenvalue weighted by molar-refractivity contribution is -0.118. The fourth-order valence-electron chi connectivity index (χ4n) is 3.00. The molecule has 2 aromatic carbocycles. The van der Waals surface area contributed by atoms with Crippen molar-refractivity contribution in [3.63, 3.8) is 0 Å². The highest BCUT2D eigenvalue weighted by Crippen LogP contribution is 2.27. The van der Waals surface area contributed by atoms with Gasteiger partial charge in [-0.25, -0.2) is 4.39 Å². The Bertz CT molecular complexity index is 697. The standard InChI is InChI=1S/C19H21FN2O2/c20-14-10-8-13(9-11-14)18(19(21)23)22-15-4-3-7-17(12-15)24-16-5-1-2-6-16/h3-4,7-12,16,18,22H,1-2,5-6H2,(H2,21,23)/t18-/m0/s1. The third-order valence-electron chi connectivity index (χ3n) is 4.24. The lowest BCUT2D eigenvalue weighted by Gasteiger charge is -2.19. The third kappa shape index (κ3) is 4.04. The first-order valence-electron chi connectivity index (χ1n) is 8.20. The van der Waals surface area contributed by atoms with Crippen molar-refractivity contribution in [2.75, 3.05) is 5.32 Å². The Balaban J connectivity index is 1.74. The van der Waals surface area contributed by atoms with E-state index in [1.807, 2.05) is 24.3 Å². The van der Waals surface area contributed by atoms with Crippen molar-refractivity contribution in [2.45, 2.75) is 37.8 Å². The normalized spacial score (nSPS) is 15.9. The topological polar surface area (TPSA) is 64.4 Å². The lowest BCUT2D eigenvalue weighted by Crippen LogP contribution is -2.27. The van der Waals surface area contributed by atoms with Crippen molar-refractivity contribution in [3.05, 3.63) is 59.9 Å².